The molecule has 2 heterocycles. The Morgan fingerprint density at radius 2 is 1.97 bits per heavy atom. The van der Waals surface area contributed by atoms with E-state index in [1.807, 2.05) is 12.1 Å². The standard InChI is InChI=1S/C18H27N3O6S2/c1-25-16-4-2-14(3-5-16)13-27-18(22)21-12-17(28)10-15(21)11-19-29(23,24)20-6-8-26-9-7-20/h2-5,15,17,19,28H,6-13H2,1H3/t15-,17-/m0/s1. The molecule has 162 valence electrons. The number of benzene rings is 1. The minimum atomic E-state index is -3.61. The topological polar surface area (TPSA) is 97.4 Å². The van der Waals surface area contributed by atoms with E-state index in [4.69, 9.17) is 14.2 Å². The molecule has 3 rings (SSSR count). The molecule has 29 heavy (non-hydrogen) atoms. The molecule has 2 aliphatic heterocycles. The second-order valence-corrected chi connectivity index (χ2v) is 9.45. The lowest BCUT2D eigenvalue weighted by atomic mass is 10.2. The predicted octanol–water partition coefficient (Wildman–Crippen LogP) is 0.871. The zero-order valence-electron chi connectivity index (χ0n) is 16.3. The molecular formula is C18H27N3O6S2. The maximum Gasteiger partial charge on any atom is 0.410 e. The van der Waals surface area contributed by atoms with Crippen molar-refractivity contribution in [2.24, 2.45) is 0 Å². The number of nitrogens with one attached hydrogen (secondary N) is 1. The molecule has 2 saturated heterocycles. The van der Waals surface area contributed by atoms with Gasteiger partial charge in [-0.05, 0) is 24.1 Å². The van der Waals surface area contributed by atoms with Crippen LogP contribution in [0.2, 0.25) is 0 Å². The molecule has 2 atom stereocenters. The summed E-state index contributed by atoms with van der Waals surface area (Å²) in [7, 11) is -2.02. The van der Waals surface area contributed by atoms with Gasteiger partial charge in [0.1, 0.15) is 12.4 Å². The number of amides is 1. The first kappa shape index (κ1) is 22.2. The van der Waals surface area contributed by atoms with Crippen molar-refractivity contribution in [1.82, 2.24) is 13.9 Å². The first-order valence-electron chi connectivity index (χ1n) is 9.46. The van der Waals surface area contributed by atoms with Crippen LogP contribution in [0.3, 0.4) is 0 Å². The lowest BCUT2D eigenvalue weighted by molar-refractivity contribution is 0.0722. The van der Waals surface area contributed by atoms with E-state index in [0.29, 0.717) is 39.3 Å². The summed E-state index contributed by atoms with van der Waals surface area (Å²) in [6.45, 7) is 2.07. The van der Waals surface area contributed by atoms with E-state index >= 15 is 0 Å². The average Bonchev–Trinajstić information content (AvgIpc) is 3.12. The van der Waals surface area contributed by atoms with E-state index in [1.54, 1.807) is 24.1 Å². The fourth-order valence-corrected chi connectivity index (χ4v) is 4.97. The van der Waals surface area contributed by atoms with Crippen LogP contribution in [0.5, 0.6) is 5.75 Å². The van der Waals surface area contributed by atoms with E-state index in [1.165, 1.54) is 4.31 Å². The quantitative estimate of drug-likeness (QED) is 0.605. The maximum atomic E-state index is 12.6. The van der Waals surface area contributed by atoms with Crippen LogP contribution < -0.4 is 9.46 Å². The Hall–Kier alpha value is -1.53. The number of carbonyl (C=O) groups is 1. The molecule has 1 amide bonds. The smallest absolute Gasteiger partial charge is 0.410 e. The summed E-state index contributed by atoms with van der Waals surface area (Å²) in [5.74, 6) is 0.727. The second-order valence-electron chi connectivity index (χ2n) is 6.96. The summed E-state index contributed by atoms with van der Waals surface area (Å²) >= 11 is 4.47. The van der Waals surface area contributed by atoms with Crippen molar-refractivity contribution in [2.75, 3.05) is 46.5 Å². The molecule has 1 aromatic rings. The first-order valence-corrected chi connectivity index (χ1v) is 11.4. The fourth-order valence-electron chi connectivity index (χ4n) is 3.34. The lowest BCUT2D eigenvalue weighted by Crippen LogP contribution is -2.50. The second kappa shape index (κ2) is 9.98. The zero-order valence-corrected chi connectivity index (χ0v) is 18.0. The van der Waals surface area contributed by atoms with Crippen molar-refractivity contribution in [3.63, 3.8) is 0 Å². The summed E-state index contributed by atoms with van der Waals surface area (Å²) in [6.07, 6.45) is 0.111. The summed E-state index contributed by atoms with van der Waals surface area (Å²) in [5, 5.41) is -0.0265. The molecule has 0 aromatic heterocycles. The van der Waals surface area contributed by atoms with Crippen molar-refractivity contribution in [1.29, 1.82) is 0 Å². The van der Waals surface area contributed by atoms with E-state index in [0.717, 1.165) is 11.3 Å². The van der Waals surface area contributed by atoms with Crippen LogP contribution in [-0.2, 0) is 26.3 Å². The SMILES string of the molecule is COc1ccc(COC(=O)N2C[C@@H](S)C[C@H]2CNS(=O)(=O)N2CCOCC2)cc1. The molecule has 0 radical (unpaired) electrons. The predicted molar refractivity (Wildman–Crippen MR) is 110 cm³/mol. The fraction of sp³-hybridized carbons (Fsp3) is 0.611. The Kier molecular flexibility index (Phi) is 7.63. The molecule has 0 bridgehead atoms. The van der Waals surface area contributed by atoms with Gasteiger partial charge in [-0.2, -0.15) is 25.4 Å². The van der Waals surface area contributed by atoms with Gasteiger partial charge in [0, 0.05) is 37.5 Å². The largest absolute Gasteiger partial charge is 0.497 e. The lowest BCUT2D eigenvalue weighted by Gasteiger charge is -2.28. The Morgan fingerprint density at radius 3 is 2.62 bits per heavy atom. The van der Waals surface area contributed by atoms with Crippen LogP contribution in [-0.4, -0.2) is 81.5 Å². The van der Waals surface area contributed by atoms with Gasteiger partial charge in [-0.25, -0.2) is 9.52 Å². The number of hydrogen-bond donors (Lipinski definition) is 2. The third-order valence-corrected chi connectivity index (χ3v) is 6.91. The summed E-state index contributed by atoms with van der Waals surface area (Å²) in [5.41, 5.74) is 0.838. The number of methoxy groups -OCH3 is 1. The zero-order chi connectivity index (χ0) is 20.9. The van der Waals surface area contributed by atoms with Gasteiger partial charge in [0.2, 0.25) is 0 Å². The Balaban J connectivity index is 1.53. The summed E-state index contributed by atoms with van der Waals surface area (Å²) in [6, 6.07) is 6.94. The number of nitrogens with zero attached hydrogens (tertiary/aromatic N) is 2. The van der Waals surface area contributed by atoms with Gasteiger partial charge in [-0.3, -0.25) is 0 Å². The number of carbonyl (C=O) groups excluding carboxylic acids is 1. The minimum Gasteiger partial charge on any atom is -0.497 e. The van der Waals surface area contributed by atoms with Gasteiger partial charge in [0.25, 0.3) is 10.2 Å². The first-order chi connectivity index (χ1) is 13.9. The Morgan fingerprint density at radius 1 is 1.28 bits per heavy atom. The van der Waals surface area contributed by atoms with Crippen molar-refractivity contribution in [3.8, 4) is 5.75 Å². The molecule has 2 aliphatic rings. The minimum absolute atomic E-state index is 0.0265. The van der Waals surface area contributed by atoms with Crippen molar-refractivity contribution < 1.29 is 27.4 Å². The normalized spacial score (nSPS) is 23.2. The number of ether oxygens (including phenoxy) is 3. The van der Waals surface area contributed by atoms with E-state index in [2.05, 4.69) is 17.4 Å². The number of likely N-dealkylation sites (tertiary alicyclic amines) is 1. The molecule has 0 aliphatic carbocycles. The Labute approximate surface area is 176 Å². The third-order valence-electron chi connectivity index (χ3n) is 4.96. The van der Waals surface area contributed by atoms with Crippen LogP contribution >= 0.6 is 12.6 Å². The van der Waals surface area contributed by atoms with Crippen molar-refractivity contribution in [3.05, 3.63) is 29.8 Å². The average molecular weight is 446 g/mol. The van der Waals surface area contributed by atoms with Gasteiger partial charge >= 0.3 is 6.09 Å². The van der Waals surface area contributed by atoms with Gasteiger partial charge < -0.3 is 19.1 Å². The molecule has 1 N–H and O–H groups in total. The van der Waals surface area contributed by atoms with Crippen LogP contribution in [0.25, 0.3) is 0 Å². The molecular weight excluding hydrogens is 418 g/mol. The van der Waals surface area contributed by atoms with Crippen LogP contribution in [0, 0.1) is 0 Å². The van der Waals surface area contributed by atoms with Crippen LogP contribution in [0.15, 0.2) is 24.3 Å². The maximum absolute atomic E-state index is 12.6. The summed E-state index contributed by atoms with van der Waals surface area (Å²) in [4.78, 5) is 14.1. The van der Waals surface area contributed by atoms with E-state index in [9.17, 15) is 13.2 Å². The van der Waals surface area contributed by atoms with Gasteiger partial charge in [-0.1, -0.05) is 12.1 Å². The summed E-state index contributed by atoms with van der Waals surface area (Å²) < 4.78 is 44.6. The number of hydrogen-bond acceptors (Lipinski definition) is 7. The molecule has 11 heteroatoms. The highest BCUT2D eigenvalue weighted by Crippen LogP contribution is 2.23. The van der Waals surface area contributed by atoms with Gasteiger partial charge in [-0.15, -0.1) is 0 Å². The highest BCUT2D eigenvalue weighted by Gasteiger charge is 2.36. The van der Waals surface area contributed by atoms with Crippen molar-refractivity contribution >= 4 is 28.9 Å². The molecule has 0 saturated carbocycles. The molecule has 2 fully saturated rings. The van der Waals surface area contributed by atoms with Crippen molar-refractivity contribution in [2.45, 2.75) is 24.3 Å². The Bertz CT molecular complexity index is 783. The van der Waals surface area contributed by atoms with Crippen LogP contribution in [0.1, 0.15) is 12.0 Å². The number of morpholine rings is 1. The van der Waals surface area contributed by atoms with Gasteiger partial charge in [0.05, 0.1) is 20.3 Å². The highest BCUT2D eigenvalue weighted by atomic mass is 32.2. The van der Waals surface area contributed by atoms with E-state index in [-0.39, 0.29) is 24.4 Å². The highest BCUT2D eigenvalue weighted by molar-refractivity contribution is 7.87. The van der Waals surface area contributed by atoms with Gasteiger partial charge in [0.15, 0.2) is 0 Å². The molecule has 0 unspecified atom stereocenters. The van der Waals surface area contributed by atoms with E-state index < -0.39 is 16.3 Å². The third kappa shape index (κ3) is 5.98. The van der Waals surface area contributed by atoms with Crippen LogP contribution in [0.4, 0.5) is 4.79 Å². The molecule has 1 aromatic carbocycles. The molecule has 0 spiro atoms. The number of thiol groups is 1. The monoisotopic (exact) mass is 445 g/mol. The number of rotatable bonds is 7. The molecule has 9 nitrogen and oxygen atoms in total.